The lowest BCUT2D eigenvalue weighted by Crippen LogP contribution is -2.17. The Kier molecular flexibility index (Phi) is 8.05. The average molecular weight is 963 g/mol. The zero-order valence-electron chi connectivity index (χ0n) is 40.6. The van der Waals surface area contributed by atoms with Gasteiger partial charge in [0.1, 0.15) is 23.3 Å². The van der Waals surface area contributed by atoms with Crippen LogP contribution in [0.2, 0.25) is 0 Å². The van der Waals surface area contributed by atoms with Crippen LogP contribution in [0.5, 0.6) is 0 Å². The van der Waals surface area contributed by atoms with Gasteiger partial charge in [-0.25, -0.2) is 0 Å². The maximum Gasteiger partial charge on any atom is 0.104 e. The fourth-order valence-electron chi connectivity index (χ4n) is 13.4. The Balaban J connectivity index is 1.24. The van der Waals surface area contributed by atoms with Crippen molar-refractivity contribution in [3.63, 3.8) is 0 Å². The number of hydrogen-bond acceptors (Lipinski definition) is 2. The minimum atomic E-state index is 0.428. The summed E-state index contributed by atoms with van der Waals surface area (Å²) < 4.78 is 9.31. The number of para-hydroxylation sites is 4. The predicted octanol–water partition coefficient (Wildman–Crippen LogP) is 17.8. The maximum absolute atomic E-state index is 13.0. The molecule has 0 atom stereocenters. The van der Waals surface area contributed by atoms with Crippen molar-refractivity contribution < 1.29 is 0 Å². The number of nitriles is 2. The van der Waals surface area contributed by atoms with Crippen LogP contribution in [-0.4, -0.2) is 18.3 Å². The van der Waals surface area contributed by atoms with Gasteiger partial charge in [-0.15, -0.1) is 0 Å². The standard InChI is InChI=1S/C70H38N6/c71-39-57-67(73-59-25-11-7-21-49(59)53-35-30-41-15-1-4-18-45(41)63(53)73)68(74-60-26-12-8-22-50(60)54-36-31-42-16-2-5-19-46(42)64(54)74)58(40-72)70(76-62-28-14-10-24-52(62)56-38-33-44-29-34-48(44)66(56)76)69(57)75-61-27-13-9-23-51(61)55-37-32-43-17-3-6-20-47(43)65(55)75/h1-38H. The molecule has 0 fully saturated rings. The van der Waals surface area contributed by atoms with Crippen LogP contribution in [0.25, 0.3) is 154 Å². The maximum atomic E-state index is 13.0. The highest BCUT2D eigenvalue weighted by Crippen LogP contribution is 2.51. The van der Waals surface area contributed by atoms with Crippen LogP contribution >= 0.6 is 0 Å². The van der Waals surface area contributed by atoms with E-state index in [1.165, 1.54) is 0 Å². The Morgan fingerprint density at radius 2 is 0.539 bits per heavy atom. The summed E-state index contributed by atoms with van der Waals surface area (Å²) in [6.07, 6.45) is 4.35. The predicted molar refractivity (Wildman–Crippen MR) is 315 cm³/mol. The van der Waals surface area contributed by atoms with Crippen molar-refractivity contribution in [3.05, 3.63) is 241 Å². The van der Waals surface area contributed by atoms with Gasteiger partial charge in [0.15, 0.2) is 0 Å². The molecule has 76 heavy (non-hydrogen) atoms. The summed E-state index contributed by atoms with van der Waals surface area (Å²) in [6, 6.07) is 83.5. The first-order chi connectivity index (χ1) is 37.7. The lowest BCUT2D eigenvalue weighted by molar-refractivity contribution is 1.03. The van der Waals surface area contributed by atoms with Crippen LogP contribution in [0.3, 0.4) is 0 Å². The van der Waals surface area contributed by atoms with Crippen molar-refractivity contribution in [1.82, 2.24) is 18.3 Å². The monoisotopic (exact) mass is 962 g/mol. The zero-order valence-corrected chi connectivity index (χ0v) is 40.6. The molecule has 0 aliphatic heterocycles. The van der Waals surface area contributed by atoms with Crippen LogP contribution in [0.15, 0.2) is 218 Å². The molecule has 16 aromatic rings. The van der Waals surface area contributed by atoms with Crippen molar-refractivity contribution in [2.45, 2.75) is 0 Å². The van der Waals surface area contributed by atoms with E-state index in [9.17, 15) is 10.5 Å². The molecule has 6 heteroatoms. The van der Waals surface area contributed by atoms with E-state index >= 15 is 0 Å². The smallest absolute Gasteiger partial charge is 0.104 e. The number of aromatic nitrogens is 4. The molecule has 0 amide bonds. The molecule has 4 aromatic heterocycles. The molecular weight excluding hydrogens is 925 g/mol. The van der Waals surface area contributed by atoms with Crippen LogP contribution < -0.4 is 0 Å². The Labute approximate surface area is 433 Å². The van der Waals surface area contributed by atoms with Gasteiger partial charge < -0.3 is 18.3 Å². The lowest BCUT2D eigenvalue weighted by Gasteiger charge is -2.28. The molecule has 0 N–H and O–H groups in total. The lowest BCUT2D eigenvalue weighted by atomic mass is 9.94. The highest BCUT2D eigenvalue weighted by molar-refractivity contribution is 6.24. The fourth-order valence-corrected chi connectivity index (χ4v) is 13.4. The molecule has 0 radical (unpaired) electrons. The molecular formula is C70H38N6. The van der Waals surface area contributed by atoms with Gasteiger partial charge in [-0.2, -0.15) is 10.5 Å². The minimum Gasteiger partial charge on any atom is -0.305 e. The summed E-state index contributed by atoms with van der Waals surface area (Å²) in [7, 11) is 0. The summed E-state index contributed by atoms with van der Waals surface area (Å²) in [5.41, 5.74) is 13.2. The quantitative estimate of drug-likeness (QED) is 0.176. The molecule has 0 saturated heterocycles. The number of nitrogens with zero attached hydrogens (tertiary/aromatic N) is 6. The second kappa shape index (κ2) is 15.0. The largest absolute Gasteiger partial charge is 0.305 e. The molecule has 4 heterocycles. The van der Waals surface area contributed by atoms with E-state index in [-0.39, 0.29) is 0 Å². The second-order valence-corrected chi connectivity index (χ2v) is 20.1. The Morgan fingerprint density at radius 3 is 0.868 bits per heavy atom. The van der Waals surface area contributed by atoms with Gasteiger partial charge >= 0.3 is 0 Å². The first-order valence-corrected chi connectivity index (χ1v) is 25.7. The summed E-state index contributed by atoms with van der Waals surface area (Å²) in [4.78, 5) is 0. The fraction of sp³-hybridized carbons (Fsp3) is 0. The number of rotatable bonds is 4. The first kappa shape index (κ1) is 40.9. The molecule has 348 valence electrons. The molecule has 17 rings (SSSR count). The van der Waals surface area contributed by atoms with Crippen LogP contribution in [0, 0.1) is 22.7 Å². The summed E-state index contributed by atoms with van der Waals surface area (Å²) in [5, 5.41) is 40.7. The molecule has 1 aliphatic carbocycles. The van der Waals surface area contributed by atoms with Gasteiger partial charge in [0, 0.05) is 64.8 Å². The zero-order chi connectivity index (χ0) is 49.9. The molecule has 0 unspecified atom stereocenters. The molecule has 1 aliphatic rings. The second-order valence-electron chi connectivity index (χ2n) is 20.1. The SMILES string of the molecule is N#Cc1c(-n2c3ccccc3c3ccc4c(c32)C=C4)c(-n2c3ccccc3c3ccc4ccccc4c32)c(C#N)c(-n2c3ccccc3c3ccc4ccccc4c32)c1-n1c2ccccc2c2ccc3ccccc3c21. The van der Waals surface area contributed by atoms with E-state index in [4.69, 9.17) is 0 Å². The molecule has 6 nitrogen and oxygen atoms in total. The summed E-state index contributed by atoms with van der Waals surface area (Å²) >= 11 is 0. The molecule has 12 aromatic carbocycles. The third-order valence-corrected chi connectivity index (χ3v) is 16.5. The van der Waals surface area contributed by atoms with E-state index < -0.39 is 0 Å². The van der Waals surface area contributed by atoms with Crippen LogP contribution in [0.1, 0.15) is 22.3 Å². The number of fused-ring (bicyclic) bond motifs is 20. The third-order valence-electron chi connectivity index (χ3n) is 16.5. The topological polar surface area (TPSA) is 67.3 Å². The Morgan fingerprint density at radius 1 is 0.250 bits per heavy atom. The number of hydrogen-bond donors (Lipinski definition) is 0. The van der Waals surface area contributed by atoms with E-state index in [0.717, 1.165) is 131 Å². The van der Waals surface area contributed by atoms with E-state index in [2.05, 4.69) is 261 Å². The van der Waals surface area contributed by atoms with Crippen molar-refractivity contribution in [3.8, 4) is 34.9 Å². The molecule has 0 saturated carbocycles. The normalized spacial score (nSPS) is 12.4. The number of benzene rings is 12. The van der Waals surface area contributed by atoms with Crippen molar-refractivity contribution in [2.24, 2.45) is 0 Å². The van der Waals surface area contributed by atoms with Crippen molar-refractivity contribution >= 4 is 132 Å². The Bertz CT molecular complexity index is 5450. The summed E-state index contributed by atoms with van der Waals surface area (Å²) in [6.45, 7) is 0. The first-order valence-electron chi connectivity index (χ1n) is 25.7. The highest BCUT2D eigenvalue weighted by atomic mass is 15.1. The van der Waals surface area contributed by atoms with E-state index in [0.29, 0.717) is 33.9 Å². The van der Waals surface area contributed by atoms with Crippen LogP contribution in [0.4, 0.5) is 0 Å². The minimum absolute atomic E-state index is 0.428. The molecule has 0 spiro atoms. The highest BCUT2D eigenvalue weighted by Gasteiger charge is 2.36. The van der Waals surface area contributed by atoms with Gasteiger partial charge in [0.2, 0.25) is 0 Å². The Hall–Kier alpha value is -10.7. The van der Waals surface area contributed by atoms with Gasteiger partial charge in [0.05, 0.1) is 66.9 Å². The average Bonchev–Trinajstić information content (AvgIpc) is 4.39. The van der Waals surface area contributed by atoms with Gasteiger partial charge in [-0.3, -0.25) is 0 Å². The van der Waals surface area contributed by atoms with Crippen LogP contribution in [-0.2, 0) is 0 Å². The van der Waals surface area contributed by atoms with E-state index in [1.54, 1.807) is 0 Å². The molecule has 0 bridgehead atoms. The van der Waals surface area contributed by atoms with Gasteiger partial charge in [-0.05, 0) is 46.0 Å². The van der Waals surface area contributed by atoms with Gasteiger partial charge in [-0.1, -0.05) is 206 Å². The van der Waals surface area contributed by atoms with Crippen molar-refractivity contribution in [2.75, 3.05) is 0 Å². The summed E-state index contributed by atoms with van der Waals surface area (Å²) in [5.74, 6) is 0. The van der Waals surface area contributed by atoms with Crippen molar-refractivity contribution in [1.29, 1.82) is 10.5 Å². The third kappa shape index (κ3) is 5.12. The van der Waals surface area contributed by atoms with Gasteiger partial charge in [0.25, 0.3) is 0 Å². The van der Waals surface area contributed by atoms with E-state index in [1.807, 2.05) is 0 Å².